The first kappa shape index (κ1) is 23.4. The van der Waals surface area contributed by atoms with E-state index in [4.69, 9.17) is 21.5 Å². The summed E-state index contributed by atoms with van der Waals surface area (Å²) in [5.74, 6) is -1.71. The Morgan fingerprint density at radius 2 is 1.52 bits per heavy atom. The molecule has 3 rings (SSSR count). The fourth-order valence-corrected chi connectivity index (χ4v) is 25.9. The molecule has 0 saturated heterocycles. The van der Waals surface area contributed by atoms with Crippen LogP contribution in [0.3, 0.4) is 0 Å². The summed E-state index contributed by atoms with van der Waals surface area (Å²) in [7, 11) is 13.4. The van der Waals surface area contributed by atoms with Gasteiger partial charge in [-0.05, 0) is 0 Å². The van der Waals surface area contributed by atoms with Crippen LogP contribution in [-0.2, 0) is 25.1 Å². The van der Waals surface area contributed by atoms with Crippen molar-refractivity contribution >= 4 is 37.2 Å². The molecule has 0 atom stereocenters. The first-order valence-electron chi connectivity index (χ1n) is 10.1. The summed E-state index contributed by atoms with van der Waals surface area (Å²) in [6.45, 7) is 11.1. The molecular formula is C21H30Cl2NO2Si2Zr. The van der Waals surface area contributed by atoms with Gasteiger partial charge in [0.05, 0.1) is 0 Å². The normalized spacial score (nSPS) is 15.5. The monoisotopic (exact) mass is 544 g/mol. The molecule has 0 saturated carbocycles. The molecule has 157 valence electrons. The van der Waals surface area contributed by atoms with E-state index in [0.29, 0.717) is 13.0 Å². The zero-order chi connectivity index (χ0) is 21.5. The Labute approximate surface area is 184 Å². The van der Waals surface area contributed by atoms with Crippen molar-refractivity contribution < 1.29 is 25.1 Å². The van der Waals surface area contributed by atoms with Gasteiger partial charge in [-0.1, -0.05) is 0 Å². The quantitative estimate of drug-likeness (QED) is 0.432. The first-order valence-corrected chi connectivity index (χ1v) is 29.7. The minimum absolute atomic E-state index is 0.0815. The Kier molecular flexibility index (Phi) is 6.76. The van der Waals surface area contributed by atoms with Crippen LogP contribution in [0.5, 0.6) is 0 Å². The van der Waals surface area contributed by atoms with E-state index in [9.17, 15) is 4.79 Å². The molecule has 1 aliphatic rings. The molecule has 0 aromatic heterocycles. The summed E-state index contributed by atoms with van der Waals surface area (Å²) in [6.07, 6.45) is 0.296. The van der Waals surface area contributed by atoms with Gasteiger partial charge in [0.25, 0.3) is 0 Å². The minimum atomic E-state index is -4.74. The van der Waals surface area contributed by atoms with Gasteiger partial charge in [-0.15, -0.1) is 0 Å². The predicted octanol–water partition coefficient (Wildman–Crippen LogP) is 6.01. The van der Waals surface area contributed by atoms with Crippen molar-refractivity contribution in [1.82, 2.24) is 3.26 Å². The molecule has 1 N–H and O–H groups in total. The third-order valence-corrected chi connectivity index (χ3v) is 52.5. The molecule has 0 unspecified atom stereocenters. The second kappa shape index (κ2) is 8.37. The average Bonchev–Trinajstić information content (AvgIpc) is 2.96. The molecular weight excluding hydrogens is 517 g/mol. The molecule has 29 heavy (non-hydrogen) atoms. The summed E-state index contributed by atoms with van der Waals surface area (Å²) in [6, 6.07) is 16.7. The van der Waals surface area contributed by atoms with Gasteiger partial charge in [-0.2, -0.15) is 0 Å². The number of rotatable bonds is 7. The number of amides is 1. The molecule has 0 bridgehead atoms. The molecule has 0 fully saturated rings. The number of nitrogens with one attached hydrogen (secondary N) is 1. The zero-order valence-electron chi connectivity index (χ0n) is 17.8. The van der Waals surface area contributed by atoms with Crippen molar-refractivity contribution in [2.45, 2.75) is 42.8 Å². The fourth-order valence-electron chi connectivity index (χ4n) is 4.05. The Bertz CT molecular complexity index is 885. The van der Waals surface area contributed by atoms with Crippen LogP contribution in [-0.4, -0.2) is 26.8 Å². The Morgan fingerprint density at radius 3 is 1.97 bits per heavy atom. The van der Waals surface area contributed by atoms with Gasteiger partial charge in [0.15, 0.2) is 0 Å². The number of halogens is 2. The molecule has 3 nitrogen and oxygen atoms in total. The summed E-state index contributed by atoms with van der Waals surface area (Å²) in [5, 5.41) is 0. The molecule has 0 heterocycles. The van der Waals surface area contributed by atoms with Crippen LogP contribution in [0.1, 0.15) is 21.2 Å². The van der Waals surface area contributed by atoms with E-state index in [1.165, 1.54) is 11.1 Å². The van der Waals surface area contributed by atoms with Crippen LogP contribution in [0.25, 0.3) is 11.1 Å². The fraction of sp³-hybridized carbons (Fsp3) is 0.381. The standard InChI is InChI=1S/C13H9.C6H15NO2Si.C2H7Si.2ClH.Zr/c1-3-7-12-10(5-1)9-11-6-2-4-8-13(11)12;1-10(2,3)9-5-4-6(7)8;1-3-2;;;/h1-9H;4-5H2,1-3H3,(H2,7,8);3H,1-2H3;2*1H;/q;;;;;+3/p-3. The van der Waals surface area contributed by atoms with Crippen molar-refractivity contribution in [3.63, 3.8) is 0 Å². The summed E-state index contributed by atoms with van der Waals surface area (Å²) in [5.41, 5.74) is 4.68. The SMILES string of the molecule is C[SiH](C)[Zr]([Cl])([Cl])([NH]C(=O)CCO[Si](C)(C)C)[CH]1c2ccccc2-c2ccccc21. The van der Waals surface area contributed by atoms with Gasteiger partial charge < -0.3 is 0 Å². The number of benzene rings is 2. The number of fused-ring (bicyclic) bond motifs is 3. The topological polar surface area (TPSA) is 38.3 Å². The Hall–Kier alpha value is -0.233. The number of hydrogen-bond acceptors (Lipinski definition) is 2. The third kappa shape index (κ3) is 4.68. The van der Waals surface area contributed by atoms with E-state index >= 15 is 0 Å². The van der Waals surface area contributed by atoms with Crippen LogP contribution < -0.4 is 3.26 Å². The van der Waals surface area contributed by atoms with Gasteiger partial charge in [0, 0.05) is 0 Å². The summed E-state index contributed by atoms with van der Waals surface area (Å²) >= 11 is -4.74. The molecule has 1 amide bonds. The molecule has 2 aromatic rings. The van der Waals surface area contributed by atoms with Crippen molar-refractivity contribution in [2.24, 2.45) is 0 Å². The second-order valence-electron chi connectivity index (χ2n) is 9.17. The van der Waals surface area contributed by atoms with E-state index in [1.54, 1.807) is 0 Å². The molecule has 0 radical (unpaired) electrons. The Balaban J connectivity index is 1.99. The van der Waals surface area contributed by atoms with Crippen molar-refractivity contribution in [3.05, 3.63) is 59.7 Å². The molecule has 2 aromatic carbocycles. The van der Waals surface area contributed by atoms with Crippen LogP contribution in [0.15, 0.2) is 48.5 Å². The third-order valence-electron chi connectivity index (χ3n) is 5.66. The van der Waals surface area contributed by atoms with Crippen LogP contribution in [0, 0.1) is 0 Å². The van der Waals surface area contributed by atoms with Crippen molar-refractivity contribution in [3.8, 4) is 11.1 Å². The van der Waals surface area contributed by atoms with Gasteiger partial charge in [-0.25, -0.2) is 0 Å². The van der Waals surface area contributed by atoms with E-state index in [-0.39, 0.29) is 9.53 Å². The number of carbonyl (C=O) groups is 1. The van der Waals surface area contributed by atoms with E-state index < -0.39 is 30.1 Å². The van der Waals surface area contributed by atoms with E-state index in [0.717, 1.165) is 11.1 Å². The van der Waals surface area contributed by atoms with E-state index in [2.05, 4.69) is 60.3 Å². The Morgan fingerprint density at radius 1 is 1.03 bits per heavy atom. The molecule has 0 aliphatic heterocycles. The zero-order valence-corrected chi connectivity index (χ0v) is 23.9. The second-order valence-corrected chi connectivity index (χ2v) is 54.4. The van der Waals surface area contributed by atoms with Crippen LogP contribution >= 0.6 is 17.0 Å². The van der Waals surface area contributed by atoms with Gasteiger partial charge in [0.2, 0.25) is 0 Å². The van der Waals surface area contributed by atoms with Crippen LogP contribution in [0.2, 0.25) is 32.7 Å². The number of carbonyl (C=O) groups excluding carboxylic acids is 1. The molecule has 8 heteroatoms. The first-order chi connectivity index (χ1) is 13.4. The maximum atomic E-state index is 13.0. The van der Waals surface area contributed by atoms with Gasteiger partial charge >= 0.3 is 186 Å². The molecule has 1 aliphatic carbocycles. The maximum absolute atomic E-state index is 13.0. The predicted molar refractivity (Wildman–Crippen MR) is 126 cm³/mol. The summed E-state index contributed by atoms with van der Waals surface area (Å²) < 4.78 is 9.04. The van der Waals surface area contributed by atoms with Gasteiger partial charge in [0.1, 0.15) is 0 Å². The molecule has 0 spiro atoms. The van der Waals surface area contributed by atoms with Crippen LogP contribution in [0.4, 0.5) is 0 Å². The summed E-state index contributed by atoms with van der Waals surface area (Å²) in [4.78, 5) is 13.0. The average molecular weight is 547 g/mol. The van der Waals surface area contributed by atoms with Gasteiger partial charge in [-0.3, -0.25) is 0 Å². The number of hydrogen-bond donors (Lipinski definition) is 1. The van der Waals surface area contributed by atoms with Crippen molar-refractivity contribution in [1.29, 1.82) is 0 Å². The van der Waals surface area contributed by atoms with Crippen molar-refractivity contribution in [2.75, 3.05) is 6.61 Å². The van der Waals surface area contributed by atoms with E-state index in [1.807, 2.05) is 24.3 Å².